The molecular formula is C18H38N4O2S. The van der Waals surface area contributed by atoms with Crippen molar-refractivity contribution in [2.75, 3.05) is 52.4 Å². The maximum absolute atomic E-state index is 11.7. The fourth-order valence-corrected chi connectivity index (χ4v) is 4.57. The van der Waals surface area contributed by atoms with E-state index in [0.717, 1.165) is 45.2 Å². The first-order valence-corrected chi connectivity index (χ1v) is 11.5. The Kier molecular flexibility index (Phi) is 8.14. The number of piperidine rings is 1. The number of rotatable bonds is 8. The molecule has 0 unspecified atom stereocenters. The maximum Gasteiger partial charge on any atom is 0.213 e. The zero-order chi connectivity index (χ0) is 18.4. The standard InChI is InChI=1S/C18H38N4O2S/c1-16(2)21-10-6-18(7-11-21)22-14-12-20(13-15-22)9-5-8-19-25(23,24)17(3)4/h16-19H,5-15H2,1-4H3. The second-order valence-corrected chi connectivity index (χ2v) is 10.4. The molecule has 0 aromatic heterocycles. The van der Waals surface area contributed by atoms with Crippen LogP contribution in [0.4, 0.5) is 0 Å². The van der Waals surface area contributed by atoms with Gasteiger partial charge in [0.25, 0.3) is 0 Å². The molecule has 2 fully saturated rings. The van der Waals surface area contributed by atoms with E-state index in [0.29, 0.717) is 12.6 Å². The van der Waals surface area contributed by atoms with Crippen molar-refractivity contribution in [1.82, 2.24) is 19.4 Å². The molecule has 25 heavy (non-hydrogen) atoms. The second-order valence-electron chi connectivity index (χ2n) is 8.08. The van der Waals surface area contributed by atoms with Gasteiger partial charge in [-0.05, 0) is 66.6 Å². The Hall–Kier alpha value is -0.210. The van der Waals surface area contributed by atoms with Gasteiger partial charge in [0.2, 0.25) is 10.0 Å². The van der Waals surface area contributed by atoms with Crippen molar-refractivity contribution in [3.8, 4) is 0 Å². The summed E-state index contributed by atoms with van der Waals surface area (Å²) < 4.78 is 26.2. The second kappa shape index (κ2) is 9.65. The van der Waals surface area contributed by atoms with Gasteiger partial charge < -0.3 is 9.80 Å². The van der Waals surface area contributed by atoms with Crippen LogP contribution in [-0.2, 0) is 10.0 Å². The quantitative estimate of drug-likeness (QED) is 0.647. The van der Waals surface area contributed by atoms with Crippen LogP contribution in [0.25, 0.3) is 0 Å². The molecule has 2 heterocycles. The normalized spacial score (nSPS) is 23.0. The largest absolute Gasteiger partial charge is 0.301 e. The van der Waals surface area contributed by atoms with Crippen molar-refractivity contribution >= 4 is 10.0 Å². The molecule has 0 aromatic rings. The predicted octanol–water partition coefficient (Wildman–Crippen LogP) is 1.19. The highest BCUT2D eigenvalue weighted by atomic mass is 32.2. The fraction of sp³-hybridized carbons (Fsp3) is 1.00. The van der Waals surface area contributed by atoms with Crippen molar-refractivity contribution in [3.05, 3.63) is 0 Å². The molecule has 0 bridgehead atoms. The van der Waals surface area contributed by atoms with Gasteiger partial charge in [0.1, 0.15) is 0 Å². The fourth-order valence-electron chi connectivity index (χ4n) is 3.80. The highest BCUT2D eigenvalue weighted by Gasteiger charge is 2.28. The van der Waals surface area contributed by atoms with E-state index in [1.807, 2.05) is 0 Å². The first-order valence-electron chi connectivity index (χ1n) is 9.98. The van der Waals surface area contributed by atoms with Crippen LogP contribution < -0.4 is 4.72 Å². The topological polar surface area (TPSA) is 55.9 Å². The summed E-state index contributed by atoms with van der Waals surface area (Å²) in [5.41, 5.74) is 0. The highest BCUT2D eigenvalue weighted by Crippen LogP contribution is 2.19. The molecule has 0 atom stereocenters. The van der Waals surface area contributed by atoms with Crippen LogP contribution in [0.5, 0.6) is 0 Å². The number of nitrogens with one attached hydrogen (secondary N) is 1. The Bertz CT molecular complexity index is 479. The first kappa shape index (κ1) is 21.1. The van der Waals surface area contributed by atoms with E-state index >= 15 is 0 Å². The van der Waals surface area contributed by atoms with E-state index in [-0.39, 0.29) is 5.25 Å². The van der Waals surface area contributed by atoms with Gasteiger partial charge >= 0.3 is 0 Å². The lowest BCUT2D eigenvalue weighted by Gasteiger charge is -2.43. The lowest BCUT2D eigenvalue weighted by Crippen LogP contribution is -2.54. The third-order valence-electron chi connectivity index (χ3n) is 5.73. The monoisotopic (exact) mass is 374 g/mol. The van der Waals surface area contributed by atoms with Crippen LogP contribution in [-0.4, -0.2) is 92.8 Å². The molecule has 0 spiro atoms. The van der Waals surface area contributed by atoms with Crippen LogP contribution in [0.2, 0.25) is 0 Å². The first-order chi connectivity index (χ1) is 11.8. The van der Waals surface area contributed by atoms with E-state index in [1.165, 1.54) is 25.9 Å². The van der Waals surface area contributed by atoms with Crippen LogP contribution in [0.1, 0.15) is 47.0 Å². The van der Waals surface area contributed by atoms with Crippen molar-refractivity contribution < 1.29 is 8.42 Å². The predicted molar refractivity (Wildman–Crippen MR) is 104 cm³/mol. The number of likely N-dealkylation sites (tertiary alicyclic amines) is 1. The Labute approximate surface area is 155 Å². The molecule has 0 radical (unpaired) electrons. The summed E-state index contributed by atoms with van der Waals surface area (Å²) in [4.78, 5) is 7.74. The molecule has 2 saturated heterocycles. The molecule has 0 aliphatic carbocycles. The van der Waals surface area contributed by atoms with Gasteiger partial charge in [-0.1, -0.05) is 0 Å². The van der Waals surface area contributed by atoms with Gasteiger partial charge in [-0.2, -0.15) is 0 Å². The third-order valence-corrected chi connectivity index (χ3v) is 7.58. The minimum atomic E-state index is -3.12. The number of hydrogen-bond donors (Lipinski definition) is 1. The Balaban J connectivity index is 1.61. The van der Waals surface area contributed by atoms with Gasteiger partial charge in [-0.15, -0.1) is 0 Å². The van der Waals surface area contributed by atoms with Crippen molar-refractivity contribution in [3.63, 3.8) is 0 Å². The highest BCUT2D eigenvalue weighted by molar-refractivity contribution is 7.90. The average molecular weight is 375 g/mol. The summed E-state index contributed by atoms with van der Waals surface area (Å²) in [7, 11) is -3.12. The van der Waals surface area contributed by atoms with Crippen molar-refractivity contribution in [2.24, 2.45) is 0 Å². The molecule has 7 heteroatoms. The summed E-state index contributed by atoms with van der Waals surface area (Å²) in [5, 5.41) is -0.349. The lowest BCUT2D eigenvalue weighted by atomic mass is 10.0. The number of hydrogen-bond acceptors (Lipinski definition) is 5. The number of nitrogens with zero attached hydrogens (tertiary/aromatic N) is 3. The average Bonchev–Trinajstić information content (AvgIpc) is 2.59. The Morgan fingerprint density at radius 3 is 2.08 bits per heavy atom. The van der Waals surface area contributed by atoms with Crippen LogP contribution in [0.3, 0.4) is 0 Å². The third kappa shape index (κ3) is 6.47. The molecule has 0 aromatic carbocycles. The Morgan fingerprint density at radius 2 is 1.56 bits per heavy atom. The molecule has 1 N–H and O–H groups in total. The molecule has 2 aliphatic rings. The zero-order valence-electron chi connectivity index (χ0n) is 16.6. The summed E-state index contributed by atoms with van der Waals surface area (Å²) in [6, 6.07) is 1.43. The Morgan fingerprint density at radius 1 is 0.960 bits per heavy atom. The summed E-state index contributed by atoms with van der Waals surface area (Å²) in [6.07, 6.45) is 3.49. The summed E-state index contributed by atoms with van der Waals surface area (Å²) in [5.74, 6) is 0. The zero-order valence-corrected chi connectivity index (χ0v) is 17.4. The SMILES string of the molecule is CC(C)N1CCC(N2CCN(CCCNS(=O)(=O)C(C)C)CC2)CC1. The van der Waals surface area contributed by atoms with Crippen LogP contribution in [0.15, 0.2) is 0 Å². The number of piperazine rings is 1. The van der Waals surface area contributed by atoms with E-state index in [9.17, 15) is 8.42 Å². The minimum absolute atomic E-state index is 0.349. The molecular weight excluding hydrogens is 336 g/mol. The molecule has 6 nitrogen and oxygen atoms in total. The van der Waals surface area contributed by atoms with E-state index in [4.69, 9.17) is 0 Å². The molecule has 148 valence electrons. The molecule has 0 saturated carbocycles. The van der Waals surface area contributed by atoms with Gasteiger partial charge in [0.05, 0.1) is 5.25 Å². The van der Waals surface area contributed by atoms with E-state index in [1.54, 1.807) is 13.8 Å². The molecule has 2 rings (SSSR count). The molecule has 0 amide bonds. The van der Waals surface area contributed by atoms with E-state index < -0.39 is 10.0 Å². The van der Waals surface area contributed by atoms with Gasteiger partial charge in [0, 0.05) is 44.8 Å². The maximum atomic E-state index is 11.7. The van der Waals surface area contributed by atoms with Gasteiger partial charge in [0.15, 0.2) is 0 Å². The minimum Gasteiger partial charge on any atom is -0.301 e. The summed E-state index contributed by atoms with van der Waals surface area (Å²) >= 11 is 0. The lowest BCUT2D eigenvalue weighted by molar-refractivity contribution is 0.0517. The van der Waals surface area contributed by atoms with Crippen LogP contribution in [0, 0.1) is 0 Å². The summed E-state index contributed by atoms with van der Waals surface area (Å²) in [6.45, 7) is 16.6. The van der Waals surface area contributed by atoms with Gasteiger partial charge in [-0.25, -0.2) is 13.1 Å². The van der Waals surface area contributed by atoms with Gasteiger partial charge in [-0.3, -0.25) is 4.90 Å². The van der Waals surface area contributed by atoms with Crippen molar-refractivity contribution in [2.45, 2.75) is 64.3 Å². The van der Waals surface area contributed by atoms with E-state index in [2.05, 4.69) is 33.3 Å². The van der Waals surface area contributed by atoms with Crippen molar-refractivity contribution in [1.29, 1.82) is 0 Å². The molecule has 2 aliphatic heterocycles. The van der Waals surface area contributed by atoms with Crippen LogP contribution >= 0.6 is 0 Å². The number of sulfonamides is 1. The smallest absolute Gasteiger partial charge is 0.213 e.